The van der Waals surface area contributed by atoms with Gasteiger partial charge in [-0.05, 0) is 61.4 Å². The number of amides is 1. The largest absolute Gasteiger partial charge is 0.356 e. The van der Waals surface area contributed by atoms with E-state index < -0.39 is 11.8 Å². The third-order valence-corrected chi connectivity index (χ3v) is 6.13. The first kappa shape index (κ1) is 20.7. The molecule has 2 unspecified atom stereocenters. The second kappa shape index (κ2) is 8.26. The van der Waals surface area contributed by atoms with Gasteiger partial charge in [-0.2, -0.15) is 0 Å². The van der Waals surface area contributed by atoms with Gasteiger partial charge in [0.15, 0.2) is 11.6 Å². The summed E-state index contributed by atoms with van der Waals surface area (Å²) in [6, 6.07) is 3.78. The van der Waals surface area contributed by atoms with Gasteiger partial charge in [0.1, 0.15) is 11.7 Å². The molecule has 2 atom stereocenters. The van der Waals surface area contributed by atoms with Crippen LogP contribution in [0.2, 0.25) is 5.02 Å². The maximum absolute atomic E-state index is 13.1. The van der Waals surface area contributed by atoms with Crippen LogP contribution >= 0.6 is 11.6 Å². The van der Waals surface area contributed by atoms with E-state index in [4.69, 9.17) is 11.6 Å². The summed E-state index contributed by atoms with van der Waals surface area (Å²) in [5.41, 5.74) is 3.23. The summed E-state index contributed by atoms with van der Waals surface area (Å²) < 4.78 is 0. The van der Waals surface area contributed by atoms with Crippen molar-refractivity contribution in [2.45, 2.75) is 45.4 Å². The van der Waals surface area contributed by atoms with E-state index in [0.29, 0.717) is 23.3 Å². The van der Waals surface area contributed by atoms with Crippen LogP contribution in [0.5, 0.6) is 0 Å². The molecule has 30 heavy (non-hydrogen) atoms. The molecule has 0 spiro atoms. The van der Waals surface area contributed by atoms with Crippen LogP contribution in [0, 0.1) is 25.7 Å². The highest BCUT2D eigenvalue weighted by Gasteiger charge is 2.44. The summed E-state index contributed by atoms with van der Waals surface area (Å²) in [5, 5.41) is 3.34. The molecule has 2 fully saturated rings. The number of carbonyl (C=O) groups excluding carboxylic acids is 3. The SMILES string of the molecule is Cc1cc(-c2ncc(Cl)cn2)cc(C)c1C1C(=O)CC(CC(=O)NCC2CC2)C1=O. The summed E-state index contributed by atoms with van der Waals surface area (Å²) in [6.45, 7) is 4.44. The summed E-state index contributed by atoms with van der Waals surface area (Å²) in [7, 11) is 0. The Labute approximate surface area is 180 Å². The number of Topliss-reactive ketones (excluding diaryl/α,β-unsaturated/α-hetero) is 2. The minimum absolute atomic E-state index is 0.0859. The monoisotopic (exact) mass is 425 g/mol. The van der Waals surface area contributed by atoms with Crippen molar-refractivity contribution >= 4 is 29.1 Å². The average Bonchev–Trinajstić information content (AvgIpc) is 3.48. The number of hydrogen-bond acceptors (Lipinski definition) is 5. The number of rotatable bonds is 6. The maximum atomic E-state index is 13.1. The Bertz CT molecular complexity index is 992. The summed E-state index contributed by atoms with van der Waals surface area (Å²) in [5.74, 6) is -0.629. The molecule has 7 heteroatoms. The zero-order valence-corrected chi connectivity index (χ0v) is 17.8. The number of aromatic nitrogens is 2. The lowest BCUT2D eigenvalue weighted by atomic mass is 9.86. The number of carbonyl (C=O) groups is 3. The molecular weight excluding hydrogens is 402 g/mol. The molecule has 1 aromatic carbocycles. The fourth-order valence-electron chi connectivity index (χ4n) is 4.23. The van der Waals surface area contributed by atoms with E-state index in [-0.39, 0.29) is 30.3 Å². The van der Waals surface area contributed by atoms with Crippen molar-refractivity contribution in [1.82, 2.24) is 15.3 Å². The minimum Gasteiger partial charge on any atom is -0.356 e. The predicted octanol–water partition coefficient (Wildman–Crippen LogP) is 3.57. The van der Waals surface area contributed by atoms with Gasteiger partial charge in [-0.1, -0.05) is 11.6 Å². The number of nitrogens with zero attached hydrogens (tertiary/aromatic N) is 2. The number of halogens is 1. The van der Waals surface area contributed by atoms with E-state index in [1.807, 2.05) is 26.0 Å². The zero-order chi connectivity index (χ0) is 21.4. The van der Waals surface area contributed by atoms with Gasteiger partial charge in [0.25, 0.3) is 0 Å². The van der Waals surface area contributed by atoms with Crippen LogP contribution in [0.3, 0.4) is 0 Å². The Kier molecular flexibility index (Phi) is 5.69. The zero-order valence-electron chi connectivity index (χ0n) is 17.1. The van der Waals surface area contributed by atoms with Crippen LogP contribution in [0.25, 0.3) is 11.4 Å². The molecule has 0 bridgehead atoms. The first-order chi connectivity index (χ1) is 14.3. The lowest BCUT2D eigenvalue weighted by Crippen LogP contribution is -2.29. The van der Waals surface area contributed by atoms with Crippen molar-refractivity contribution in [3.05, 3.63) is 46.2 Å². The fourth-order valence-corrected chi connectivity index (χ4v) is 4.33. The molecule has 1 aromatic heterocycles. The second-order valence-electron chi connectivity index (χ2n) is 8.40. The highest BCUT2D eigenvalue weighted by atomic mass is 35.5. The van der Waals surface area contributed by atoms with Crippen LogP contribution in [0.1, 0.15) is 48.3 Å². The Hall–Kier alpha value is -2.60. The van der Waals surface area contributed by atoms with E-state index in [2.05, 4.69) is 15.3 Å². The van der Waals surface area contributed by atoms with Crippen molar-refractivity contribution < 1.29 is 14.4 Å². The lowest BCUT2D eigenvalue weighted by Gasteiger charge is -2.17. The Morgan fingerprint density at radius 1 is 1.13 bits per heavy atom. The number of benzene rings is 1. The maximum Gasteiger partial charge on any atom is 0.220 e. The molecule has 6 nitrogen and oxygen atoms in total. The van der Waals surface area contributed by atoms with E-state index in [1.165, 1.54) is 12.4 Å². The number of hydrogen-bond donors (Lipinski definition) is 1. The average molecular weight is 426 g/mol. The topological polar surface area (TPSA) is 89.0 Å². The molecule has 156 valence electrons. The van der Waals surface area contributed by atoms with Crippen LogP contribution in [0.15, 0.2) is 24.5 Å². The molecule has 0 saturated heterocycles. The van der Waals surface area contributed by atoms with Crippen molar-refractivity contribution in [3.8, 4) is 11.4 Å². The first-order valence-corrected chi connectivity index (χ1v) is 10.6. The third kappa shape index (κ3) is 4.29. The molecule has 0 radical (unpaired) electrons. The fraction of sp³-hybridized carbons (Fsp3) is 0.435. The van der Waals surface area contributed by atoms with Gasteiger partial charge in [0.2, 0.25) is 5.91 Å². The molecule has 2 saturated carbocycles. The van der Waals surface area contributed by atoms with Crippen LogP contribution in [0.4, 0.5) is 0 Å². The Balaban J connectivity index is 1.53. The van der Waals surface area contributed by atoms with Crippen molar-refractivity contribution in [3.63, 3.8) is 0 Å². The Morgan fingerprint density at radius 2 is 1.77 bits per heavy atom. The van der Waals surface area contributed by atoms with Gasteiger partial charge in [0, 0.05) is 43.3 Å². The predicted molar refractivity (Wildman–Crippen MR) is 113 cm³/mol. The van der Waals surface area contributed by atoms with Gasteiger partial charge in [-0.3, -0.25) is 14.4 Å². The van der Waals surface area contributed by atoms with E-state index in [9.17, 15) is 14.4 Å². The summed E-state index contributed by atoms with van der Waals surface area (Å²) in [6.07, 6.45) is 5.58. The van der Waals surface area contributed by atoms with Gasteiger partial charge >= 0.3 is 0 Å². The van der Waals surface area contributed by atoms with Gasteiger partial charge in [0.05, 0.1) is 5.02 Å². The summed E-state index contributed by atoms with van der Waals surface area (Å²) in [4.78, 5) is 46.5. The highest BCUT2D eigenvalue weighted by Crippen LogP contribution is 2.38. The van der Waals surface area contributed by atoms with Crippen LogP contribution in [-0.2, 0) is 14.4 Å². The van der Waals surface area contributed by atoms with Crippen LogP contribution in [-0.4, -0.2) is 34.0 Å². The molecular formula is C23H24ClN3O3. The smallest absolute Gasteiger partial charge is 0.220 e. The molecule has 2 aliphatic carbocycles. The second-order valence-corrected chi connectivity index (χ2v) is 8.84. The van der Waals surface area contributed by atoms with E-state index in [0.717, 1.165) is 35.1 Å². The third-order valence-electron chi connectivity index (χ3n) is 5.93. The van der Waals surface area contributed by atoms with Crippen molar-refractivity contribution in [2.24, 2.45) is 11.8 Å². The highest BCUT2D eigenvalue weighted by molar-refractivity contribution is 6.30. The van der Waals surface area contributed by atoms with Crippen LogP contribution < -0.4 is 5.32 Å². The molecule has 1 N–H and O–H groups in total. The Morgan fingerprint density at radius 3 is 2.37 bits per heavy atom. The molecule has 0 aliphatic heterocycles. The molecule has 1 heterocycles. The van der Waals surface area contributed by atoms with Crippen molar-refractivity contribution in [2.75, 3.05) is 6.54 Å². The minimum atomic E-state index is -0.800. The normalized spacial score (nSPS) is 21.2. The number of nitrogens with one attached hydrogen (secondary N) is 1. The molecule has 2 aliphatic rings. The molecule has 1 amide bonds. The first-order valence-electron chi connectivity index (χ1n) is 10.3. The lowest BCUT2D eigenvalue weighted by molar-refractivity contribution is -0.128. The summed E-state index contributed by atoms with van der Waals surface area (Å²) >= 11 is 5.86. The van der Waals surface area contributed by atoms with Gasteiger partial charge in [-0.15, -0.1) is 0 Å². The number of aryl methyl sites for hydroxylation is 2. The van der Waals surface area contributed by atoms with E-state index >= 15 is 0 Å². The standard InChI is InChI=1S/C23H24ClN3O3/c1-12-5-16(23-26-10-17(24)11-27-23)6-13(2)20(12)21-18(28)7-15(22(21)30)8-19(29)25-9-14-3-4-14/h5-6,10-11,14-15,21H,3-4,7-9H2,1-2H3,(H,25,29). The number of ketones is 2. The van der Waals surface area contributed by atoms with Crippen molar-refractivity contribution in [1.29, 1.82) is 0 Å². The van der Waals surface area contributed by atoms with Gasteiger partial charge < -0.3 is 5.32 Å². The molecule has 4 rings (SSSR count). The van der Waals surface area contributed by atoms with E-state index in [1.54, 1.807) is 0 Å². The quantitative estimate of drug-likeness (QED) is 0.714. The molecule has 2 aromatic rings. The van der Waals surface area contributed by atoms with Gasteiger partial charge in [-0.25, -0.2) is 9.97 Å².